The number of guanidine groups is 1. The van der Waals surface area contributed by atoms with Crippen molar-refractivity contribution >= 4 is 22.6 Å². The molecule has 2 aromatic rings. The summed E-state index contributed by atoms with van der Waals surface area (Å²) >= 11 is 0. The van der Waals surface area contributed by atoms with Crippen molar-refractivity contribution in [1.82, 2.24) is 15.5 Å². The molecule has 0 radical (unpaired) electrons. The van der Waals surface area contributed by atoms with Gasteiger partial charge in [0.25, 0.3) is 0 Å². The predicted octanol–water partition coefficient (Wildman–Crippen LogP) is 3.30. The monoisotopic (exact) mass is 378 g/mol. The molecule has 4 rings (SSSR count). The second-order valence-electron chi connectivity index (χ2n) is 7.96. The van der Waals surface area contributed by atoms with Crippen molar-refractivity contribution in [1.29, 1.82) is 0 Å². The summed E-state index contributed by atoms with van der Waals surface area (Å²) < 4.78 is 0. The third-order valence-electron chi connectivity index (χ3n) is 6.10. The Bertz CT molecular complexity index is 851. The quantitative estimate of drug-likeness (QED) is 0.634. The zero-order valence-electron chi connectivity index (χ0n) is 16.7. The van der Waals surface area contributed by atoms with E-state index in [9.17, 15) is 4.79 Å². The maximum atomic E-state index is 12.6. The van der Waals surface area contributed by atoms with E-state index in [1.54, 1.807) is 7.05 Å². The first-order chi connectivity index (χ1) is 13.7. The smallest absolute Gasteiger partial charge is 0.225 e. The van der Waals surface area contributed by atoms with Crippen molar-refractivity contribution < 1.29 is 4.79 Å². The van der Waals surface area contributed by atoms with Crippen molar-refractivity contribution in [2.75, 3.05) is 20.1 Å². The Balaban J connectivity index is 1.32. The predicted molar refractivity (Wildman–Crippen MR) is 114 cm³/mol. The van der Waals surface area contributed by atoms with Crippen molar-refractivity contribution in [3.05, 3.63) is 48.0 Å². The molecule has 1 saturated heterocycles. The SMILES string of the molecule is CN=C(NCc1cccc2ccccc12)NC1CCN(C(=O)C2CCCC2)C1. The first kappa shape index (κ1) is 18.8. The second kappa shape index (κ2) is 8.63. The highest BCUT2D eigenvalue weighted by Crippen LogP contribution is 2.27. The van der Waals surface area contributed by atoms with E-state index < -0.39 is 0 Å². The number of hydrogen-bond acceptors (Lipinski definition) is 2. The van der Waals surface area contributed by atoms with Crippen LogP contribution >= 0.6 is 0 Å². The molecule has 0 spiro atoms. The molecule has 1 atom stereocenters. The van der Waals surface area contributed by atoms with Gasteiger partial charge in [-0.3, -0.25) is 9.79 Å². The molecule has 2 aliphatic rings. The lowest BCUT2D eigenvalue weighted by atomic mass is 10.0. The third-order valence-corrected chi connectivity index (χ3v) is 6.10. The minimum atomic E-state index is 0.266. The lowest BCUT2D eigenvalue weighted by Gasteiger charge is -2.21. The fourth-order valence-corrected chi connectivity index (χ4v) is 4.52. The van der Waals surface area contributed by atoms with E-state index in [0.29, 0.717) is 5.91 Å². The second-order valence-corrected chi connectivity index (χ2v) is 7.96. The summed E-state index contributed by atoms with van der Waals surface area (Å²) in [6, 6.07) is 15.1. The molecule has 0 aromatic heterocycles. The highest BCUT2D eigenvalue weighted by molar-refractivity contribution is 5.86. The molecule has 2 fully saturated rings. The normalized spacial score (nSPS) is 20.7. The highest BCUT2D eigenvalue weighted by Gasteiger charge is 2.32. The minimum Gasteiger partial charge on any atom is -0.352 e. The van der Waals surface area contributed by atoms with Crippen LogP contribution in [0.4, 0.5) is 0 Å². The average molecular weight is 379 g/mol. The van der Waals surface area contributed by atoms with Crippen LogP contribution in [0, 0.1) is 5.92 Å². The van der Waals surface area contributed by atoms with Gasteiger partial charge in [-0.2, -0.15) is 0 Å². The van der Waals surface area contributed by atoms with Crippen LogP contribution in [0.1, 0.15) is 37.7 Å². The van der Waals surface area contributed by atoms with E-state index in [2.05, 4.69) is 58.1 Å². The molecular weight excluding hydrogens is 348 g/mol. The van der Waals surface area contributed by atoms with Gasteiger partial charge in [-0.25, -0.2) is 0 Å². The number of likely N-dealkylation sites (tertiary alicyclic amines) is 1. The maximum absolute atomic E-state index is 12.6. The van der Waals surface area contributed by atoms with Crippen LogP contribution < -0.4 is 10.6 Å². The molecule has 1 unspecified atom stereocenters. The van der Waals surface area contributed by atoms with E-state index in [4.69, 9.17) is 0 Å². The van der Waals surface area contributed by atoms with Gasteiger partial charge >= 0.3 is 0 Å². The molecule has 2 N–H and O–H groups in total. The molecule has 148 valence electrons. The van der Waals surface area contributed by atoms with Crippen LogP contribution in [-0.2, 0) is 11.3 Å². The molecule has 0 bridgehead atoms. The molecule has 28 heavy (non-hydrogen) atoms. The van der Waals surface area contributed by atoms with Crippen LogP contribution in [0.3, 0.4) is 0 Å². The van der Waals surface area contributed by atoms with Gasteiger partial charge in [0.15, 0.2) is 5.96 Å². The topological polar surface area (TPSA) is 56.7 Å². The molecule has 1 aliphatic carbocycles. The molecule has 1 aliphatic heterocycles. The van der Waals surface area contributed by atoms with Gasteiger partial charge in [0, 0.05) is 38.6 Å². The summed E-state index contributed by atoms with van der Waals surface area (Å²) in [6.07, 6.45) is 5.53. The summed E-state index contributed by atoms with van der Waals surface area (Å²) in [4.78, 5) is 19.1. The Kier molecular flexibility index (Phi) is 5.79. The molecule has 5 heteroatoms. The van der Waals surface area contributed by atoms with Crippen LogP contribution in [-0.4, -0.2) is 42.9 Å². The van der Waals surface area contributed by atoms with Gasteiger partial charge < -0.3 is 15.5 Å². The Labute approximate surface area is 167 Å². The van der Waals surface area contributed by atoms with E-state index in [1.807, 2.05) is 4.90 Å². The summed E-state index contributed by atoms with van der Waals surface area (Å²) in [7, 11) is 1.80. The number of aliphatic imine (C=N–C) groups is 1. The largest absolute Gasteiger partial charge is 0.352 e. The van der Waals surface area contributed by atoms with Gasteiger partial charge in [-0.15, -0.1) is 0 Å². The van der Waals surface area contributed by atoms with Crippen molar-refractivity contribution in [3.8, 4) is 0 Å². The van der Waals surface area contributed by atoms with Crippen LogP contribution in [0.15, 0.2) is 47.5 Å². The Morgan fingerprint density at radius 3 is 2.71 bits per heavy atom. The number of carbonyl (C=O) groups excluding carboxylic acids is 1. The Hall–Kier alpha value is -2.56. The van der Waals surface area contributed by atoms with E-state index in [0.717, 1.165) is 44.9 Å². The van der Waals surface area contributed by atoms with Crippen molar-refractivity contribution in [3.63, 3.8) is 0 Å². The fourth-order valence-electron chi connectivity index (χ4n) is 4.52. The van der Waals surface area contributed by atoms with Gasteiger partial charge in [-0.05, 0) is 35.6 Å². The molecule has 1 amide bonds. The van der Waals surface area contributed by atoms with E-state index in [-0.39, 0.29) is 12.0 Å². The lowest BCUT2D eigenvalue weighted by Crippen LogP contribution is -2.45. The number of benzene rings is 2. The van der Waals surface area contributed by atoms with E-state index >= 15 is 0 Å². The number of hydrogen-bond donors (Lipinski definition) is 2. The van der Waals surface area contributed by atoms with Crippen LogP contribution in [0.2, 0.25) is 0 Å². The molecule has 1 saturated carbocycles. The number of nitrogens with zero attached hydrogens (tertiary/aromatic N) is 2. The Morgan fingerprint density at radius 2 is 1.89 bits per heavy atom. The molecular formula is C23H30N4O. The van der Waals surface area contributed by atoms with Crippen molar-refractivity contribution in [2.45, 2.75) is 44.7 Å². The first-order valence-corrected chi connectivity index (χ1v) is 10.5. The zero-order chi connectivity index (χ0) is 19.3. The number of fused-ring (bicyclic) bond motifs is 1. The third kappa shape index (κ3) is 4.13. The van der Waals surface area contributed by atoms with Gasteiger partial charge in [0.05, 0.1) is 0 Å². The van der Waals surface area contributed by atoms with Gasteiger partial charge in [0.1, 0.15) is 0 Å². The standard InChI is InChI=1S/C23H30N4O/c1-24-23(25-15-19-11-6-10-17-7-4-5-12-21(17)19)26-20-13-14-27(16-20)22(28)18-8-2-3-9-18/h4-7,10-12,18,20H,2-3,8-9,13-16H2,1H3,(H2,24,25,26). The van der Waals surface area contributed by atoms with E-state index in [1.165, 1.54) is 29.2 Å². The zero-order valence-corrected chi connectivity index (χ0v) is 16.7. The molecule has 2 aromatic carbocycles. The average Bonchev–Trinajstić information content (AvgIpc) is 3.43. The highest BCUT2D eigenvalue weighted by atomic mass is 16.2. The summed E-state index contributed by atoms with van der Waals surface area (Å²) in [5, 5.41) is 9.46. The van der Waals surface area contributed by atoms with Crippen LogP contribution in [0.5, 0.6) is 0 Å². The summed E-state index contributed by atoms with van der Waals surface area (Å²) in [6.45, 7) is 2.36. The number of amides is 1. The summed E-state index contributed by atoms with van der Waals surface area (Å²) in [5.41, 5.74) is 1.26. The first-order valence-electron chi connectivity index (χ1n) is 10.5. The number of nitrogens with one attached hydrogen (secondary N) is 2. The molecule has 1 heterocycles. The van der Waals surface area contributed by atoms with Crippen molar-refractivity contribution in [2.24, 2.45) is 10.9 Å². The fraction of sp³-hybridized carbons (Fsp3) is 0.478. The number of carbonyl (C=O) groups is 1. The molecule has 5 nitrogen and oxygen atoms in total. The Morgan fingerprint density at radius 1 is 1.11 bits per heavy atom. The number of rotatable bonds is 4. The summed E-state index contributed by atoms with van der Waals surface area (Å²) in [5.74, 6) is 1.43. The maximum Gasteiger partial charge on any atom is 0.225 e. The lowest BCUT2D eigenvalue weighted by molar-refractivity contribution is -0.134. The van der Waals surface area contributed by atoms with Crippen LogP contribution in [0.25, 0.3) is 10.8 Å². The van der Waals surface area contributed by atoms with Gasteiger partial charge in [0.2, 0.25) is 5.91 Å². The van der Waals surface area contributed by atoms with Gasteiger partial charge in [-0.1, -0.05) is 55.3 Å². The minimum absolute atomic E-state index is 0.266.